The number of hydrogen-bond acceptors (Lipinski definition) is 5. The van der Waals surface area contributed by atoms with Gasteiger partial charge in [0, 0.05) is 6.04 Å². The number of anilines is 1. The van der Waals surface area contributed by atoms with E-state index in [2.05, 4.69) is 15.4 Å². The Bertz CT molecular complexity index is 1090. The van der Waals surface area contributed by atoms with Gasteiger partial charge in [-0.05, 0) is 25.3 Å². The molecule has 0 bridgehead atoms. The van der Waals surface area contributed by atoms with Crippen molar-refractivity contribution in [3.05, 3.63) is 58.0 Å². The van der Waals surface area contributed by atoms with E-state index in [1.165, 1.54) is 0 Å². The van der Waals surface area contributed by atoms with E-state index in [9.17, 15) is 9.59 Å². The van der Waals surface area contributed by atoms with Crippen LogP contribution in [0.5, 0.6) is 0 Å². The lowest BCUT2D eigenvalue weighted by atomic mass is 10.1. The average Bonchev–Trinajstić information content (AvgIpc) is 3.39. The van der Waals surface area contributed by atoms with Gasteiger partial charge in [0.1, 0.15) is 11.2 Å². The number of nitrogens with one attached hydrogen (secondary N) is 2. The molecule has 30 heavy (non-hydrogen) atoms. The number of H-pyrrole nitrogens is 1. The summed E-state index contributed by atoms with van der Waals surface area (Å²) in [5.41, 5.74) is 1.51. The molecule has 0 spiro atoms. The molecule has 1 fully saturated rings. The summed E-state index contributed by atoms with van der Waals surface area (Å²) in [5.74, 6) is -0.631. The van der Waals surface area contributed by atoms with Gasteiger partial charge in [-0.2, -0.15) is 5.10 Å². The maximum atomic E-state index is 12.9. The number of carbonyl (C=O) groups excluding carboxylic acids is 1. The second kappa shape index (κ2) is 8.92. The van der Waals surface area contributed by atoms with Crippen LogP contribution in [0.15, 0.2) is 41.3 Å². The van der Waals surface area contributed by atoms with Crippen LogP contribution in [0.25, 0.3) is 11.0 Å². The van der Waals surface area contributed by atoms with E-state index in [4.69, 9.17) is 16.3 Å². The van der Waals surface area contributed by atoms with E-state index < -0.39 is 11.5 Å². The number of fused-ring (bicyclic) bond motifs is 1. The van der Waals surface area contributed by atoms with Gasteiger partial charge in [-0.1, -0.05) is 43.2 Å². The van der Waals surface area contributed by atoms with Crippen LogP contribution in [-0.4, -0.2) is 33.4 Å². The minimum atomic E-state index is -0.631. The minimum absolute atomic E-state index is 0.00119. The number of benzene rings is 1. The number of pyridine rings is 1. The first-order valence-electron chi connectivity index (χ1n) is 10.3. The number of aromatic nitrogens is 3. The van der Waals surface area contributed by atoms with Crippen molar-refractivity contribution >= 4 is 34.3 Å². The standard InChI is InChI=1S/C22H25ClN4O3/c1-2-30-22(29)18-19(25-15-10-6-7-11-15)16-12-24-27(20(16)26-21(18)28)13-17(23)14-8-4-3-5-9-14/h3-5,8-9,12,15,17H,2,6-7,10-11,13H2,1H3,(H2,25,26,28). The molecule has 2 aromatic heterocycles. The van der Waals surface area contributed by atoms with Crippen molar-refractivity contribution in [1.29, 1.82) is 0 Å². The van der Waals surface area contributed by atoms with Crippen molar-refractivity contribution in [2.45, 2.75) is 50.6 Å². The van der Waals surface area contributed by atoms with Gasteiger partial charge in [-0.3, -0.25) is 4.79 Å². The number of aromatic amines is 1. The van der Waals surface area contributed by atoms with Crippen LogP contribution < -0.4 is 10.9 Å². The SMILES string of the molecule is CCOC(=O)c1c(NC2CCCC2)c2cnn(CC(Cl)c3ccccc3)c2[nH]c1=O. The Hall–Kier alpha value is -2.80. The molecule has 4 rings (SSSR count). The number of rotatable bonds is 7. The number of carbonyl (C=O) groups is 1. The molecule has 158 valence electrons. The number of esters is 1. The first-order chi connectivity index (χ1) is 14.6. The maximum absolute atomic E-state index is 12.9. The molecule has 8 heteroatoms. The molecule has 0 saturated heterocycles. The zero-order valence-corrected chi connectivity index (χ0v) is 17.6. The van der Waals surface area contributed by atoms with Crippen LogP contribution in [0.2, 0.25) is 0 Å². The molecule has 7 nitrogen and oxygen atoms in total. The Morgan fingerprint density at radius 2 is 2.07 bits per heavy atom. The summed E-state index contributed by atoms with van der Waals surface area (Å²) in [6.07, 6.45) is 5.93. The Kier molecular flexibility index (Phi) is 6.08. The monoisotopic (exact) mass is 428 g/mol. The van der Waals surface area contributed by atoms with Gasteiger partial charge < -0.3 is 15.0 Å². The first-order valence-corrected chi connectivity index (χ1v) is 10.8. The van der Waals surface area contributed by atoms with Gasteiger partial charge in [0.15, 0.2) is 0 Å². The minimum Gasteiger partial charge on any atom is -0.462 e. The zero-order valence-electron chi connectivity index (χ0n) is 16.9. The normalized spacial score (nSPS) is 15.4. The highest BCUT2D eigenvalue weighted by Crippen LogP contribution is 2.30. The fraction of sp³-hybridized carbons (Fsp3) is 0.409. The molecule has 2 heterocycles. The van der Waals surface area contributed by atoms with Crippen LogP contribution in [-0.2, 0) is 11.3 Å². The molecule has 0 amide bonds. The van der Waals surface area contributed by atoms with Gasteiger partial charge in [0.25, 0.3) is 5.56 Å². The van der Waals surface area contributed by atoms with Crippen LogP contribution in [0.1, 0.15) is 53.9 Å². The van der Waals surface area contributed by atoms with E-state index in [0.29, 0.717) is 23.3 Å². The number of nitrogens with zero attached hydrogens (tertiary/aromatic N) is 2. The zero-order chi connectivity index (χ0) is 21.1. The third-order valence-corrected chi connectivity index (χ3v) is 5.89. The van der Waals surface area contributed by atoms with Crippen molar-refractivity contribution in [3.8, 4) is 0 Å². The molecule has 0 radical (unpaired) electrons. The second-order valence-corrected chi connectivity index (χ2v) is 8.04. The first kappa shape index (κ1) is 20.5. The summed E-state index contributed by atoms with van der Waals surface area (Å²) in [6, 6.07) is 9.94. The molecule has 0 aliphatic heterocycles. The maximum Gasteiger partial charge on any atom is 0.345 e. The summed E-state index contributed by atoms with van der Waals surface area (Å²) in [5, 5.41) is 8.25. The number of ether oxygens (including phenoxy) is 1. The lowest BCUT2D eigenvalue weighted by Crippen LogP contribution is -2.26. The van der Waals surface area contributed by atoms with Crippen LogP contribution in [0.4, 0.5) is 5.69 Å². The highest BCUT2D eigenvalue weighted by atomic mass is 35.5. The third kappa shape index (κ3) is 4.07. The van der Waals surface area contributed by atoms with E-state index in [1.54, 1.807) is 17.8 Å². The van der Waals surface area contributed by atoms with Gasteiger partial charge >= 0.3 is 5.97 Å². The van der Waals surface area contributed by atoms with Crippen LogP contribution in [0.3, 0.4) is 0 Å². The molecular weight excluding hydrogens is 404 g/mol. The summed E-state index contributed by atoms with van der Waals surface area (Å²) in [4.78, 5) is 28.2. The molecule has 3 aromatic rings. The molecule has 1 aromatic carbocycles. The Morgan fingerprint density at radius 3 is 2.77 bits per heavy atom. The lowest BCUT2D eigenvalue weighted by molar-refractivity contribution is 0.0525. The summed E-state index contributed by atoms with van der Waals surface area (Å²) >= 11 is 6.60. The number of hydrogen-bond donors (Lipinski definition) is 2. The smallest absolute Gasteiger partial charge is 0.345 e. The summed E-state index contributed by atoms with van der Waals surface area (Å²) in [7, 11) is 0. The number of halogens is 1. The molecular formula is C22H25ClN4O3. The fourth-order valence-corrected chi connectivity index (χ4v) is 4.27. The molecule has 1 unspecified atom stereocenters. The lowest BCUT2D eigenvalue weighted by Gasteiger charge is -2.17. The molecule has 1 atom stereocenters. The Morgan fingerprint density at radius 1 is 1.33 bits per heavy atom. The van der Waals surface area contributed by atoms with Crippen molar-refractivity contribution in [2.24, 2.45) is 0 Å². The van der Waals surface area contributed by atoms with Gasteiger partial charge in [0.05, 0.1) is 35.8 Å². The summed E-state index contributed by atoms with van der Waals surface area (Å²) in [6.45, 7) is 2.30. The van der Waals surface area contributed by atoms with E-state index in [-0.39, 0.29) is 23.6 Å². The topological polar surface area (TPSA) is 89.0 Å². The third-order valence-electron chi connectivity index (χ3n) is 5.50. The Labute approximate surface area is 179 Å². The molecule has 1 aliphatic carbocycles. The van der Waals surface area contributed by atoms with Crippen molar-refractivity contribution in [3.63, 3.8) is 0 Å². The van der Waals surface area contributed by atoms with E-state index >= 15 is 0 Å². The largest absolute Gasteiger partial charge is 0.462 e. The molecule has 2 N–H and O–H groups in total. The van der Waals surface area contributed by atoms with E-state index in [0.717, 1.165) is 31.2 Å². The van der Waals surface area contributed by atoms with Crippen molar-refractivity contribution in [1.82, 2.24) is 14.8 Å². The fourth-order valence-electron chi connectivity index (χ4n) is 4.00. The average molecular weight is 429 g/mol. The predicted molar refractivity (Wildman–Crippen MR) is 117 cm³/mol. The summed E-state index contributed by atoms with van der Waals surface area (Å²) < 4.78 is 6.82. The van der Waals surface area contributed by atoms with Gasteiger partial charge in [0.2, 0.25) is 0 Å². The number of alkyl halides is 1. The van der Waals surface area contributed by atoms with Crippen molar-refractivity contribution in [2.75, 3.05) is 11.9 Å². The molecule has 1 saturated carbocycles. The Balaban J connectivity index is 1.75. The van der Waals surface area contributed by atoms with Gasteiger partial charge in [-0.25, -0.2) is 9.48 Å². The molecule has 1 aliphatic rings. The quantitative estimate of drug-likeness (QED) is 0.434. The van der Waals surface area contributed by atoms with Crippen LogP contribution >= 0.6 is 11.6 Å². The second-order valence-electron chi connectivity index (χ2n) is 7.52. The van der Waals surface area contributed by atoms with Crippen LogP contribution in [0, 0.1) is 0 Å². The van der Waals surface area contributed by atoms with Crippen molar-refractivity contribution < 1.29 is 9.53 Å². The van der Waals surface area contributed by atoms with E-state index in [1.807, 2.05) is 30.3 Å². The van der Waals surface area contributed by atoms with Gasteiger partial charge in [-0.15, -0.1) is 11.6 Å². The predicted octanol–water partition coefficient (Wildman–Crippen LogP) is 4.24. The highest BCUT2D eigenvalue weighted by Gasteiger charge is 2.26. The highest BCUT2D eigenvalue weighted by molar-refractivity contribution is 6.20.